The molecule has 0 saturated carbocycles. The monoisotopic (exact) mass is 497 g/mol. The number of aromatic nitrogens is 1. The zero-order valence-corrected chi connectivity index (χ0v) is 22.1. The second kappa shape index (κ2) is 13.3. The summed E-state index contributed by atoms with van der Waals surface area (Å²) in [6.45, 7) is 8.31. The van der Waals surface area contributed by atoms with Crippen molar-refractivity contribution in [2.75, 3.05) is 30.8 Å². The lowest BCUT2D eigenvalue weighted by Crippen LogP contribution is -2.23. The zero-order chi connectivity index (χ0) is 26.8. The summed E-state index contributed by atoms with van der Waals surface area (Å²) in [6.07, 6.45) is 4.07. The molecule has 0 unspecified atom stereocenters. The Balaban J connectivity index is 0.000000205. The van der Waals surface area contributed by atoms with Gasteiger partial charge in [0.1, 0.15) is 5.82 Å². The molecule has 192 valence electrons. The molecule has 0 spiro atoms. The maximum absolute atomic E-state index is 13.5. The average molecular weight is 498 g/mol. The Bertz CT molecular complexity index is 1320. The number of nitrogens with one attached hydrogen (secondary N) is 1. The molecule has 1 aliphatic carbocycles. The van der Waals surface area contributed by atoms with Gasteiger partial charge >= 0.3 is 0 Å². The molecule has 3 aromatic carbocycles. The van der Waals surface area contributed by atoms with Crippen molar-refractivity contribution in [3.05, 3.63) is 102 Å². The van der Waals surface area contributed by atoms with Gasteiger partial charge < -0.3 is 10.6 Å². The van der Waals surface area contributed by atoms with E-state index in [1.807, 2.05) is 24.3 Å². The molecule has 0 radical (unpaired) electrons. The van der Waals surface area contributed by atoms with Gasteiger partial charge in [0.25, 0.3) is 0 Å². The summed E-state index contributed by atoms with van der Waals surface area (Å²) < 4.78 is 13.5. The average Bonchev–Trinajstić information content (AvgIpc) is 3.69. The number of pyridine rings is 1. The Morgan fingerprint density at radius 3 is 2.30 bits per heavy atom. The number of rotatable bonds is 6. The first-order chi connectivity index (χ1) is 17.9. The summed E-state index contributed by atoms with van der Waals surface area (Å²) >= 11 is 0. The minimum atomic E-state index is -0.180. The van der Waals surface area contributed by atoms with Gasteiger partial charge in [0.05, 0.1) is 5.69 Å². The Morgan fingerprint density at radius 2 is 1.68 bits per heavy atom. The fourth-order valence-corrected chi connectivity index (χ4v) is 4.15. The van der Waals surface area contributed by atoms with E-state index in [2.05, 4.69) is 65.2 Å². The number of anilines is 2. The summed E-state index contributed by atoms with van der Waals surface area (Å²) in [5, 5.41) is 2.75. The van der Waals surface area contributed by atoms with Crippen LogP contribution in [-0.4, -0.2) is 25.1 Å². The summed E-state index contributed by atoms with van der Waals surface area (Å²) in [7, 11) is 1.42. The molecule has 37 heavy (non-hydrogen) atoms. The Hall–Kier alpha value is -4.06. The summed E-state index contributed by atoms with van der Waals surface area (Å²) in [6, 6.07) is 23.8. The van der Waals surface area contributed by atoms with Crippen LogP contribution in [0.1, 0.15) is 37.0 Å². The molecule has 4 aromatic rings. The number of aryl methyl sites for hydroxylation is 1. The van der Waals surface area contributed by atoms with E-state index in [9.17, 15) is 4.39 Å². The first kappa shape index (κ1) is 27.5. The minimum Gasteiger partial charge on any atom is -0.399 e. The maximum atomic E-state index is 13.5. The number of benzene rings is 3. The van der Waals surface area contributed by atoms with Crippen LogP contribution in [0.4, 0.5) is 15.8 Å². The molecule has 0 saturated heterocycles. The van der Waals surface area contributed by atoms with Gasteiger partial charge in [-0.05, 0) is 97.5 Å². The smallest absolute Gasteiger partial charge is 0.126 e. The van der Waals surface area contributed by atoms with Crippen molar-refractivity contribution >= 4 is 11.4 Å². The van der Waals surface area contributed by atoms with Gasteiger partial charge in [0.2, 0.25) is 0 Å². The van der Waals surface area contributed by atoms with Crippen LogP contribution in [0, 0.1) is 18.3 Å². The molecule has 5 nitrogen and oxygen atoms in total. The molecule has 1 aromatic heterocycles. The highest BCUT2D eigenvalue weighted by molar-refractivity contribution is 5.82. The molecule has 1 heterocycles. The molecular weight excluding hydrogens is 461 g/mol. The van der Waals surface area contributed by atoms with Crippen molar-refractivity contribution in [1.82, 2.24) is 4.98 Å². The van der Waals surface area contributed by atoms with Crippen molar-refractivity contribution in [3.63, 3.8) is 0 Å². The third kappa shape index (κ3) is 7.46. The third-order valence-electron chi connectivity index (χ3n) is 6.15. The zero-order valence-electron chi connectivity index (χ0n) is 22.1. The highest BCUT2D eigenvalue weighted by Gasteiger charge is 2.18. The van der Waals surface area contributed by atoms with Crippen LogP contribution in [0.3, 0.4) is 0 Å². The van der Waals surface area contributed by atoms with Crippen LogP contribution in [-0.2, 0) is 6.42 Å². The molecule has 0 atom stereocenters. The van der Waals surface area contributed by atoms with E-state index < -0.39 is 0 Å². The second-order valence-electron chi connectivity index (χ2n) is 8.92. The summed E-state index contributed by atoms with van der Waals surface area (Å²) in [4.78, 5) is 6.87. The predicted octanol–water partition coefficient (Wildman–Crippen LogP) is 7.92. The van der Waals surface area contributed by atoms with Crippen molar-refractivity contribution in [2.45, 2.75) is 33.6 Å². The normalized spacial score (nSPS) is 10.7. The fraction of sp³-hybridized carbons (Fsp3) is 0.258. The number of hydrogen-bond donors (Lipinski definition) is 2. The number of fused-ring (bicyclic) bond motifs is 1. The van der Waals surface area contributed by atoms with Crippen LogP contribution in [0.2, 0.25) is 0 Å². The number of hydrogen-bond acceptors (Lipinski definition) is 5. The molecule has 6 heteroatoms. The molecule has 5 rings (SSSR count). The molecule has 0 aliphatic heterocycles. The van der Waals surface area contributed by atoms with E-state index in [1.165, 1.54) is 41.9 Å². The Labute approximate surface area is 219 Å². The predicted molar refractivity (Wildman–Crippen MR) is 153 cm³/mol. The van der Waals surface area contributed by atoms with E-state index in [1.54, 1.807) is 19.2 Å². The lowest BCUT2D eigenvalue weighted by atomic mass is 9.98. The molecule has 1 aliphatic rings. The number of nitrogen functional groups attached to an aromatic ring is 1. The SMILES string of the molecule is CCCN(CC)c1ccc(N)cc1.CN=N.Cc1cc(-c2ncccc2-c2ccc3c(c2)C3)ccc1F. The van der Waals surface area contributed by atoms with Crippen LogP contribution in [0.5, 0.6) is 0 Å². The second-order valence-corrected chi connectivity index (χ2v) is 8.92. The van der Waals surface area contributed by atoms with Gasteiger partial charge in [-0.25, -0.2) is 15.0 Å². The van der Waals surface area contributed by atoms with Crippen LogP contribution in [0.25, 0.3) is 22.4 Å². The van der Waals surface area contributed by atoms with Gasteiger partial charge in [0, 0.05) is 48.8 Å². The van der Waals surface area contributed by atoms with Gasteiger partial charge in [-0.15, -0.1) is 0 Å². The third-order valence-corrected chi connectivity index (χ3v) is 6.15. The Morgan fingerprint density at radius 1 is 0.973 bits per heavy atom. The van der Waals surface area contributed by atoms with E-state index in [0.29, 0.717) is 5.56 Å². The van der Waals surface area contributed by atoms with Crippen molar-refractivity contribution in [1.29, 1.82) is 5.53 Å². The van der Waals surface area contributed by atoms with E-state index >= 15 is 0 Å². The number of halogens is 1. The lowest BCUT2D eigenvalue weighted by Gasteiger charge is -2.22. The van der Waals surface area contributed by atoms with Crippen molar-refractivity contribution in [2.24, 2.45) is 5.11 Å². The van der Waals surface area contributed by atoms with Gasteiger partial charge in [-0.2, -0.15) is 0 Å². The molecule has 3 N–H and O–H groups in total. The first-order valence-corrected chi connectivity index (χ1v) is 12.6. The maximum Gasteiger partial charge on any atom is 0.126 e. The quantitative estimate of drug-likeness (QED) is 0.185. The molecule has 0 bridgehead atoms. The fourth-order valence-electron chi connectivity index (χ4n) is 4.15. The largest absolute Gasteiger partial charge is 0.399 e. The Kier molecular flexibility index (Phi) is 9.90. The van der Waals surface area contributed by atoms with Crippen LogP contribution < -0.4 is 10.6 Å². The van der Waals surface area contributed by atoms with E-state index in [-0.39, 0.29) is 5.82 Å². The summed E-state index contributed by atoms with van der Waals surface area (Å²) in [5.41, 5.74) is 21.2. The number of nitrogens with zero attached hydrogens (tertiary/aromatic N) is 3. The summed E-state index contributed by atoms with van der Waals surface area (Å²) in [5.74, 6) is -0.180. The van der Waals surface area contributed by atoms with Crippen molar-refractivity contribution in [3.8, 4) is 22.4 Å². The minimum absolute atomic E-state index is 0.180. The lowest BCUT2D eigenvalue weighted by molar-refractivity contribution is 0.619. The first-order valence-electron chi connectivity index (χ1n) is 12.6. The topological polar surface area (TPSA) is 78.4 Å². The molecule has 0 amide bonds. The highest BCUT2D eigenvalue weighted by Crippen LogP contribution is 2.36. The highest BCUT2D eigenvalue weighted by atomic mass is 19.1. The number of nitrogens with two attached hydrogens (primary N) is 1. The van der Waals surface area contributed by atoms with Crippen LogP contribution >= 0.6 is 0 Å². The van der Waals surface area contributed by atoms with Gasteiger partial charge in [-0.1, -0.05) is 31.2 Å². The van der Waals surface area contributed by atoms with E-state index in [0.717, 1.165) is 42.0 Å². The van der Waals surface area contributed by atoms with Gasteiger partial charge in [0.15, 0.2) is 0 Å². The molecule has 0 fully saturated rings. The van der Waals surface area contributed by atoms with Crippen molar-refractivity contribution < 1.29 is 4.39 Å². The standard InChI is InChI=1S/C19H14FN.C11H18N2.CH4N2/c1-12-9-15(6-7-18(12)20)19-17(3-2-8-21-19)14-5-4-13-10-16(13)11-14;1-3-9-13(4-2)11-7-5-10(12)6-8-11;1-3-2/h2-9,11H,10H2,1H3;5-8H,3-4,9,12H2,1-2H3;2H,1H3. The van der Waals surface area contributed by atoms with E-state index in [4.69, 9.17) is 11.3 Å². The van der Waals surface area contributed by atoms with Gasteiger partial charge in [-0.3, -0.25) is 4.98 Å². The molecular formula is C31H36FN5. The van der Waals surface area contributed by atoms with Crippen LogP contribution in [0.15, 0.2) is 84.1 Å².